The van der Waals surface area contributed by atoms with Gasteiger partial charge in [0, 0.05) is 22.7 Å². The minimum Gasteiger partial charge on any atom is -0.507 e. The highest BCUT2D eigenvalue weighted by Crippen LogP contribution is 2.33. The number of phenolic OH excluding ortho intramolecular Hbond substituents is 2. The van der Waals surface area contributed by atoms with Crippen LogP contribution >= 0.6 is 0 Å². The van der Waals surface area contributed by atoms with Crippen LogP contribution in [0.2, 0.25) is 0 Å². The van der Waals surface area contributed by atoms with Gasteiger partial charge in [0.1, 0.15) is 11.5 Å². The van der Waals surface area contributed by atoms with E-state index in [1.54, 1.807) is 48.5 Å². The zero-order chi connectivity index (χ0) is 16.9. The number of rotatable bonds is 3. The monoisotopic (exact) mass is 321 g/mol. The number of fused-ring (bicyclic) bond motifs is 1. The van der Waals surface area contributed by atoms with E-state index in [0.717, 1.165) is 0 Å². The fourth-order valence-corrected chi connectivity index (χ4v) is 2.34. The lowest BCUT2D eigenvalue weighted by atomic mass is 10.0. The molecule has 0 unspecified atom stereocenters. The van der Waals surface area contributed by atoms with Crippen molar-refractivity contribution in [3.8, 4) is 11.5 Å². The van der Waals surface area contributed by atoms with Gasteiger partial charge in [0.05, 0.1) is 6.21 Å². The number of para-hydroxylation sites is 1. The summed E-state index contributed by atoms with van der Waals surface area (Å²) in [5.41, 5.74) is 3.38. The van der Waals surface area contributed by atoms with Crippen LogP contribution in [0, 0.1) is 0 Å². The molecule has 3 rings (SSSR count). The van der Waals surface area contributed by atoms with Gasteiger partial charge in [-0.2, -0.15) is 5.10 Å². The molecule has 3 aromatic carbocycles. The Morgan fingerprint density at radius 1 is 0.917 bits per heavy atom. The summed E-state index contributed by atoms with van der Waals surface area (Å²) in [4.78, 5) is 11.8. The Hall–Kier alpha value is -3.54. The van der Waals surface area contributed by atoms with Gasteiger partial charge in [-0.3, -0.25) is 0 Å². The van der Waals surface area contributed by atoms with Crippen molar-refractivity contribution < 1.29 is 15.0 Å². The number of anilines is 1. The number of urea groups is 1. The molecule has 0 radical (unpaired) electrons. The fourth-order valence-electron chi connectivity index (χ4n) is 2.34. The first kappa shape index (κ1) is 15.4. The number of carbonyl (C=O) groups is 1. The van der Waals surface area contributed by atoms with Crippen LogP contribution in [0.5, 0.6) is 11.5 Å². The van der Waals surface area contributed by atoms with Crippen LogP contribution in [0.4, 0.5) is 10.5 Å². The van der Waals surface area contributed by atoms with Crippen LogP contribution in [0.1, 0.15) is 5.56 Å². The largest absolute Gasteiger partial charge is 0.507 e. The number of hydrogen-bond donors (Lipinski definition) is 4. The van der Waals surface area contributed by atoms with Gasteiger partial charge >= 0.3 is 6.03 Å². The Morgan fingerprint density at radius 3 is 2.33 bits per heavy atom. The second kappa shape index (κ2) is 6.70. The third-order valence-electron chi connectivity index (χ3n) is 3.43. The Kier molecular flexibility index (Phi) is 4.29. The molecule has 0 aliphatic rings. The van der Waals surface area contributed by atoms with Crippen LogP contribution in [0.25, 0.3) is 10.8 Å². The molecule has 6 heteroatoms. The maximum Gasteiger partial charge on any atom is 0.339 e. The highest BCUT2D eigenvalue weighted by atomic mass is 16.3. The van der Waals surface area contributed by atoms with Gasteiger partial charge in [0.2, 0.25) is 0 Å². The van der Waals surface area contributed by atoms with Crippen molar-refractivity contribution in [2.75, 3.05) is 5.32 Å². The number of phenols is 2. The first-order valence-corrected chi connectivity index (χ1v) is 7.24. The Morgan fingerprint density at radius 2 is 1.58 bits per heavy atom. The Balaban J connectivity index is 1.77. The Labute approximate surface area is 138 Å². The molecule has 6 nitrogen and oxygen atoms in total. The average molecular weight is 321 g/mol. The summed E-state index contributed by atoms with van der Waals surface area (Å²) in [6, 6.07) is 16.8. The van der Waals surface area contributed by atoms with Crippen LogP contribution in [-0.4, -0.2) is 22.5 Å². The molecular weight excluding hydrogens is 306 g/mol. The van der Waals surface area contributed by atoms with E-state index in [9.17, 15) is 15.0 Å². The van der Waals surface area contributed by atoms with E-state index in [2.05, 4.69) is 15.8 Å². The van der Waals surface area contributed by atoms with Crippen molar-refractivity contribution >= 4 is 28.7 Å². The van der Waals surface area contributed by atoms with Crippen molar-refractivity contribution in [2.24, 2.45) is 5.10 Å². The van der Waals surface area contributed by atoms with Gasteiger partial charge in [0.15, 0.2) is 0 Å². The van der Waals surface area contributed by atoms with E-state index < -0.39 is 6.03 Å². The second-order valence-corrected chi connectivity index (χ2v) is 5.06. The lowest BCUT2D eigenvalue weighted by Crippen LogP contribution is -2.24. The quantitative estimate of drug-likeness (QED) is 0.440. The molecule has 0 fully saturated rings. The number of benzene rings is 3. The molecule has 0 saturated carbocycles. The van der Waals surface area contributed by atoms with Crippen LogP contribution < -0.4 is 10.7 Å². The number of carbonyl (C=O) groups excluding carboxylic acids is 1. The van der Waals surface area contributed by atoms with Crippen molar-refractivity contribution in [1.29, 1.82) is 0 Å². The lowest BCUT2D eigenvalue weighted by Gasteiger charge is -2.07. The summed E-state index contributed by atoms with van der Waals surface area (Å²) in [5, 5.41) is 27.6. The minimum absolute atomic E-state index is 0.0185. The zero-order valence-electron chi connectivity index (χ0n) is 12.6. The third-order valence-corrected chi connectivity index (χ3v) is 3.43. The number of nitrogens with zero attached hydrogens (tertiary/aromatic N) is 1. The first-order valence-electron chi connectivity index (χ1n) is 7.24. The number of aromatic hydroxyl groups is 2. The van der Waals surface area contributed by atoms with Crippen molar-refractivity contribution in [3.05, 3.63) is 66.2 Å². The summed E-state index contributed by atoms with van der Waals surface area (Å²) in [6.07, 6.45) is 1.34. The molecule has 0 aliphatic carbocycles. The van der Waals surface area contributed by atoms with E-state index in [4.69, 9.17) is 0 Å². The first-order chi connectivity index (χ1) is 11.6. The fraction of sp³-hybridized carbons (Fsp3) is 0. The SMILES string of the molecule is O=C(N/N=C/c1c(O)cc(O)c2ccccc12)Nc1ccccc1. The maximum absolute atomic E-state index is 11.8. The predicted octanol–water partition coefficient (Wildman–Crippen LogP) is 3.41. The molecule has 0 aromatic heterocycles. The summed E-state index contributed by atoms with van der Waals surface area (Å²) in [5.74, 6) is -0.143. The van der Waals surface area contributed by atoms with Crippen LogP contribution in [0.15, 0.2) is 65.8 Å². The lowest BCUT2D eigenvalue weighted by molar-refractivity contribution is 0.252. The molecular formula is C18H15N3O3. The van der Waals surface area contributed by atoms with Crippen molar-refractivity contribution in [1.82, 2.24) is 5.43 Å². The number of nitrogens with one attached hydrogen (secondary N) is 2. The summed E-state index contributed by atoms with van der Waals surface area (Å²) < 4.78 is 0. The highest BCUT2D eigenvalue weighted by Gasteiger charge is 2.09. The average Bonchev–Trinajstić information content (AvgIpc) is 2.59. The molecule has 24 heavy (non-hydrogen) atoms. The van der Waals surface area contributed by atoms with Crippen LogP contribution in [-0.2, 0) is 0 Å². The molecule has 0 heterocycles. The second-order valence-electron chi connectivity index (χ2n) is 5.06. The molecule has 120 valence electrons. The number of hydrazone groups is 1. The van der Waals surface area contributed by atoms with Crippen LogP contribution in [0.3, 0.4) is 0 Å². The minimum atomic E-state index is -0.500. The number of hydrogen-bond acceptors (Lipinski definition) is 4. The van der Waals surface area contributed by atoms with E-state index in [-0.39, 0.29) is 11.5 Å². The van der Waals surface area contributed by atoms with E-state index in [0.29, 0.717) is 22.0 Å². The number of amides is 2. The van der Waals surface area contributed by atoms with Crippen molar-refractivity contribution in [3.63, 3.8) is 0 Å². The zero-order valence-corrected chi connectivity index (χ0v) is 12.6. The third kappa shape index (κ3) is 3.27. The summed E-state index contributed by atoms with van der Waals surface area (Å²) >= 11 is 0. The molecule has 0 spiro atoms. The van der Waals surface area contributed by atoms with E-state index >= 15 is 0 Å². The predicted molar refractivity (Wildman–Crippen MR) is 93.5 cm³/mol. The molecule has 2 amide bonds. The molecule has 0 atom stereocenters. The van der Waals surface area contributed by atoms with Gasteiger partial charge in [-0.1, -0.05) is 42.5 Å². The highest BCUT2D eigenvalue weighted by molar-refractivity contribution is 6.05. The topological polar surface area (TPSA) is 94.0 Å². The van der Waals surface area contributed by atoms with Gasteiger partial charge < -0.3 is 15.5 Å². The molecule has 3 aromatic rings. The Bertz CT molecular complexity index is 908. The standard InChI is InChI=1S/C18H15N3O3/c22-16-10-17(23)15(13-8-4-5-9-14(13)16)11-19-21-18(24)20-12-6-2-1-3-7-12/h1-11,22-23H,(H2,20,21,24)/b19-11+. The summed E-state index contributed by atoms with van der Waals surface area (Å²) in [7, 11) is 0. The van der Waals surface area contributed by atoms with Crippen molar-refractivity contribution in [2.45, 2.75) is 0 Å². The molecule has 0 aliphatic heterocycles. The van der Waals surface area contributed by atoms with Gasteiger partial charge in [-0.25, -0.2) is 10.2 Å². The summed E-state index contributed by atoms with van der Waals surface area (Å²) in [6.45, 7) is 0. The van der Waals surface area contributed by atoms with E-state index in [1.807, 2.05) is 6.07 Å². The molecule has 4 N–H and O–H groups in total. The van der Waals surface area contributed by atoms with Gasteiger partial charge in [-0.15, -0.1) is 0 Å². The molecule has 0 bridgehead atoms. The smallest absolute Gasteiger partial charge is 0.339 e. The van der Waals surface area contributed by atoms with Gasteiger partial charge in [0.25, 0.3) is 0 Å². The maximum atomic E-state index is 11.8. The van der Waals surface area contributed by atoms with Gasteiger partial charge in [-0.05, 0) is 17.5 Å². The molecule has 0 saturated heterocycles. The normalized spacial score (nSPS) is 10.8. The van der Waals surface area contributed by atoms with E-state index in [1.165, 1.54) is 12.3 Å².